The van der Waals surface area contributed by atoms with Gasteiger partial charge in [0.15, 0.2) is 0 Å². The average molecular weight is 426 g/mol. The number of carbonyl (C=O) groups excluding carboxylic acids is 3. The molecule has 4 aliphatic heterocycles. The van der Waals surface area contributed by atoms with Crippen LogP contribution in [0.15, 0.2) is 42.5 Å². The van der Waals surface area contributed by atoms with Crippen LogP contribution < -0.4 is 10.2 Å². The van der Waals surface area contributed by atoms with Crippen molar-refractivity contribution in [3.63, 3.8) is 0 Å². The Morgan fingerprint density at radius 1 is 1.07 bits per heavy atom. The zero-order valence-electron chi connectivity index (χ0n) is 15.8. The number of halogens is 2. The number of anilines is 2. The van der Waals surface area contributed by atoms with Gasteiger partial charge in [-0.1, -0.05) is 11.6 Å². The van der Waals surface area contributed by atoms with Crippen LogP contribution in [-0.2, 0) is 19.9 Å². The van der Waals surface area contributed by atoms with Crippen LogP contribution in [0.3, 0.4) is 0 Å². The van der Waals surface area contributed by atoms with Crippen LogP contribution in [0.2, 0.25) is 5.02 Å². The van der Waals surface area contributed by atoms with E-state index in [1.165, 1.54) is 23.1 Å². The Morgan fingerprint density at radius 2 is 1.83 bits per heavy atom. The molecule has 0 saturated carbocycles. The molecule has 4 heterocycles. The fraction of sp³-hybridized carbons (Fsp3) is 0.318. The van der Waals surface area contributed by atoms with Gasteiger partial charge >= 0.3 is 0 Å². The van der Waals surface area contributed by atoms with Crippen molar-refractivity contribution in [2.45, 2.75) is 24.4 Å². The molecular weight excluding hydrogens is 409 g/mol. The van der Waals surface area contributed by atoms with Crippen molar-refractivity contribution in [1.29, 1.82) is 0 Å². The van der Waals surface area contributed by atoms with Gasteiger partial charge in [0.25, 0.3) is 0 Å². The zero-order chi connectivity index (χ0) is 20.8. The number of amides is 3. The lowest BCUT2D eigenvalue weighted by Crippen LogP contribution is -2.54. The SMILES string of the molecule is O=C1C2C3CCCN3C3(C(=O)Nc4ccc(F)cc43)C2C(=O)N1c1ccc(Cl)cc1. The molecule has 3 saturated heterocycles. The molecule has 1 N–H and O–H groups in total. The smallest absolute Gasteiger partial charge is 0.250 e. The first kappa shape index (κ1) is 18.0. The summed E-state index contributed by atoms with van der Waals surface area (Å²) in [5, 5.41) is 3.33. The maximum absolute atomic E-state index is 14.2. The molecule has 0 aliphatic carbocycles. The van der Waals surface area contributed by atoms with Crippen molar-refractivity contribution in [3.05, 3.63) is 58.9 Å². The normalized spacial score (nSPS) is 32.0. The van der Waals surface area contributed by atoms with E-state index in [4.69, 9.17) is 11.6 Å². The second-order valence-corrected chi connectivity index (χ2v) is 8.74. The number of fused-ring (bicyclic) bond motifs is 7. The van der Waals surface area contributed by atoms with E-state index in [1.54, 1.807) is 24.3 Å². The molecule has 152 valence electrons. The lowest BCUT2D eigenvalue weighted by Gasteiger charge is -2.36. The Bertz CT molecular complexity index is 1140. The summed E-state index contributed by atoms with van der Waals surface area (Å²) >= 11 is 5.97. The molecule has 30 heavy (non-hydrogen) atoms. The summed E-state index contributed by atoms with van der Waals surface area (Å²) in [6, 6.07) is 10.4. The van der Waals surface area contributed by atoms with E-state index in [0.717, 1.165) is 6.42 Å². The molecule has 4 aliphatic rings. The maximum atomic E-state index is 14.2. The van der Waals surface area contributed by atoms with Crippen molar-refractivity contribution in [2.75, 3.05) is 16.8 Å². The molecular formula is C22H17ClFN3O3. The quantitative estimate of drug-likeness (QED) is 0.713. The Morgan fingerprint density at radius 3 is 2.60 bits per heavy atom. The molecule has 3 fully saturated rings. The highest BCUT2D eigenvalue weighted by atomic mass is 35.5. The number of rotatable bonds is 1. The first-order chi connectivity index (χ1) is 14.4. The molecule has 2 aromatic carbocycles. The van der Waals surface area contributed by atoms with Crippen molar-refractivity contribution < 1.29 is 18.8 Å². The number of nitrogens with one attached hydrogen (secondary N) is 1. The molecule has 0 bridgehead atoms. The third kappa shape index (κ3) is 1.99. The van der Waals surface area contributed by atoms with Crippen LogP contribution in [0.1, 0.15) is 18.4 Å². The van der Waals surface area contributed by atoms with Gasteiger partial charge in [0.2, 0.25) is 17.7 Å². The van der Waals surface area contributed by atoms with E-state index in [9.17, 15) is 18.8 Å². The molecule has 4 unspecified atom stereocenters. The van der Waals surface area contributed by atoms with Crippen LogP contribution in [0.4, 0.5) is 15.8 Å². The average Bonchev–Trinajstić information content (AvgIpc) is 3.42. The van der Waals surface area contributed by atoms with E-state index in [2.05, 4.69) is 5.32 Å². The maximum Gasteiger partial charge on any atom is 0.250 e. The topological polar surface area (TPSA) is 69.7 Å². The molecule has 2 aromatic rings. The number of benzene rings is 2. The third-order valence-electron chi connectivity index (χ3n) is 7.04. The van der Waals surface area contributed by atoms with Gasteiger partial charge in [-0.05, 0) is 61.9 Å². The molecule has 8 heteroatoms. The third-order valence-corrected chi connectivity index (χ3v) is 7.29. The monoisotopic (exact) mass is 425 g/mol. The Labute approximate surface area is 176 Å². The number of nitrogens with zero attached hydrogens (tertiary/aromatic N) is 2. The molecule has 3 amide bonds. The molecule has 1 spiro atoms. The first-order valence-electron chi connectivity index (χ1n) is 9.96. The Hall–Kier alpha value is -2.77. The molecule has 0 aromatic heterocycles. The van der Waals surface area contributed by atoms with Crippen molar-refractivity contribution >= 4 is 40.7 Å². The number of carbonyl (C=O) groups is 3. The largest absolute Gasteiger partial charge is 0.324 e. The first-order valence-corrected chi connectivity index (χ1v) is 10.3. The lowest BCUT2D eigenvalue weighted by molar-refractivity contribution is -0.135. The Balaban J connectivity index is 1.56. The van der Waals surface area contributed by atoms with Gasteiger partial charge < -0.3 is 5.32 Å². The van der Waals surface area contributed by atoms with Gasteiger partial charge in [-0.2, -0.15) is 0 Å². The van der Waals surface area contributed by atoms with Crippen molar-refractivity contribution in [1.82, 2.24) is 4.90 Å². The number of hydrogen-bond donors (Lipinski definition) is 1. The molecule has 0 radical (unpaired) electrons. The summed E-state index contributed by atoms with van der Waals surface area (Å²) in [4.78, 5) is 43.7. The second kappa shape index (κ2) is 5.89. The summed E-state index contributed by atoms with van der Waals surface area (Å²) in [5.74, 6) is -3.10. The predicted octanol–water partition coefficient (Wildman–Crippen LogP) is 2.91. The Kier molecular flexibility index (Phi) is 3.54. The minimum absolute atomic E-state index is 0.233. The van der Waals surface area contributed by atoms with Crippen LogP contribution in [0.5, 0.6) is 0 Å². The predicted molar refractivity (Wildman–Crippen MR) is 107 cm³/mol. The molecule has 6 nitrogen and oxygen atoms in total. The second-order valence-electron chi connectivity index (χ2n) is 8.31. The standard InChI is InChI=1S/C22H17ClFN3O3/c23-11-3-6-13(7-4-11)27-19(28)17-16-2-1-9-26(16)22(18(17)20(27)29)14-10-12(24)5-8-15(14)25-21(22)30/h3-8,10,16-18H,1-2,9H2,(H,25,30). The van der Waals surface area contributed by atoms with Crippen molar-refractivity contribution in [3.8, 4) is 0 Å². The van der Waals surface area contributed by atoms with Crippen LogP contribution in [0.25, 0.3) is 0 Å². The highest BCUT2D eigenvalue weighted by Crippen LogP contribution is 2.60. The van der Waals surface area contributed by atoms with Crippen LogP contribution in [-0.4, -0.2) is 35.2 Å². The summed E-state index contributed by atoms with van der Waals surface area (Å²) in [7, 11) is 0. The number of hydrogen-bond acceptors (Lipinski definition) is 4. The van der Waals surface area contributed by atoms with E-state index in [0.29, 0.717) is 34.9 Å². The van der Waals surface area contributed by atoms with Gasteiger partial charge in [-0.15, -0.1) is 0 Å². The summed E-state index contributed by atoms with van der Waals surface area (Å²) < 4.78 is 14.2. The summed E-state index contributed by atoms with van der Waals surface area (Å²) in [5.41, 5.74) is 0.0160. The summed E-state index contributed by atoms with van der Waals surface area (Å²) in [6.07, 6.45) is 1.53. The van der Waals surface area contributed by atoms with Crippen LogP contribution in [0, 0.1) is 17.7 Å². The fourth-order valence-corrected chi connectivity index (χ4v) is 6.15. The van der Waals surface area contributed by atoms with E-state index in [-0.39, 0.29) is 17.9 Å². The lowest BCUT2D eigenvalue weighted by atomic mass is 9.75. The van der Waals surface area contributed by atoms with Gasteiger partial charge in [0, 0.05) is 22.3 Å². The van der Waals surface area contributed by atoms with Gasteiger partial charge in [-0.25, -0.2) is 9.29 Å². The van der Waals surface area contributed by atoms with Crippen molar-refractivity contribution in [2.24, 2.45) is 11.8 Å². The van der Waals surface area contributed by atoms with Gasteiger partial charge in [0.1, 0.15) is 11.4 Å². The molecule has 4 atom stereocenters. The van der Waals surface area contributed by atoms with E-state index >= 15 is 0 Å². The van der Waals surface area contributed by atoms with Gasteiger partial charge in [0.05, 0.1) is 17.5 Å². The van der Waals surface area contributed by atoms with E-state index in [1.807, 2.05) is 4.90 Å². The number of imide groups is 1. The summed E-state index contributed by atoms with van der Waals surface area (Å²) in [6.45, 7) is 0.586. The fourth-order valence-electron chi connectivity index (χ4n) is 6.02. The minimum atomic E-state index is -1.36. The highest BCUT2D eigenvalue weighted by molar-refractivity contribution is 6.31. The minimum Gasteiger partial charge on any atom is -0.324 e. The molecule has 6 rings (SSSR count). The highest BCUT2D eigenvalue weighted by Gasteiger charge is 2.74. The zero-order valence-corrected chi connectivity index (χ0v) is 16.5. The van der Waals surface area contributed by atoms with Gasteiger partial charge in [-0.3, -0.25) is 19.3 Å². The van der Waals surface area contributed by atoms with Crippen LogP contribution >= 0.6 is 11.6 Å². The van der Waals surface area contributed by atoms with E-state index < -0.39 is 29.1 Å².